The molecule has 0 N–H and O–H groups in total. The van der Waals surface area contributed by atoms with Gasteiger partial charge in [-0.05, 0) is 47.0 Å². The summed E-state index contributed by atoms with van der Waals surface area (Å²) < 4.78 is 11.2. The number of benzene rings is 1. The molecule has 0 saturated carbocycles. The zero-order chi connectivity index (χ0) is 9.84. The van der Waals surface area contributed by atoms with E-state index in [9.17, 15) is 0 Å². The lowest BCUT2D eigenvalue weighted by molar-refractivity contribution is 0.0501. The maximum atomic E-state index is 5.40. The third-order valence-electron chi connectivity index (χ3n) is 1.69. The third kappa shape index (κ3) is 2.71. The summed E-state index contributed by atoms with van der Waals surface area (Å²) in [5.41, 5.74) is 2.33. The van der Waals surface area contributed by atoms with Gasteiger partial charge in [0.25, 0.3) is 0 Å². The Hall–Kier alpha value is -0.540. The Morgan fingerprint density at radius 2 is 2.00 bits per heavy atom. The van der Waals surface area contributed by atoms with E-state index in [1.54, 1.807) is 7.11 Å². The van der Waals surface area contributed by atoms with Crippen LogP contribution in [0.3, 0.4) is 0 Å². The van der Waals surface area contributed by atoms with Crippen molar-refractivity contribution in [3.63, 3.8) is 0 Å². The number of rotatable bonds is 3. The number of hydrogen-bond acceptors (Lipinski definition) is 2. The van der Waals surface area contributed by atoms with Crippen molar-refractivity contribution in [2.45, 2.75) is 13.8 Å². The molecule has 0 aliphatic rings. The first-order valence-corrected chi connectivity index (χ1v) is 4.83. The van der Waals surface area contributed by atoms with E-state index < -0.39 is 0 Å². The molecule has 0 spiro atoms. The van der Waals surface area contributed by atoms with Gasteiger partial charge < -0.3 is 9.47 Å². The summed E-state index contributed by atoms with van der Waals surface area (Å²) in [6.07, 6.45) is 0. The van der Waals surface area contributed by atoms with E-state index in [2.05, 4.69) is 28.9 Å². The van der Waals surface area contributed by atoms with Gasteiger partial charge in [-0.25, -0.2) is 0 Å². The molecule has 1 aromatic rings. The van der Waals surface area contributed by atoms with Crippen LogP contribution in [0.5, 0.6) is 5.75 Å². The van der Waals surface area contributed by atoms with E-state index >= 15 is 0 Å². The van der Waals surface area contributed by atoms with Crippen molar-refractivity contribution >= 4 is 15.9 Å². The van der Waals surface area contributed by atoms with E-state index in [1.165, 1.54) is 5.56 Å². The van der Waals surface area contributed by atoms with Crippen LogP contribution < -0.4 is 4.74 Å². The molecule has 0 radical (unpaired) electrons. The maximum absolute atomic E-state index is 5.40. The second kappa shape index (κ2) is 4.63. The second-order valence-electron chi connectivity index (χ2n) is 2.94. The van der Waals surface area contributed by atoms with Gasteiger partial charge in [0.2, 0.25) is 0 Å². The predicted molar refractivity (Wildman–Crippen MR) is 56.1 cm³/mol. The van der Waals surface area contributed by atoms with Crippen LogP contribution in [-0.2, 0) is 4.74 Å². The molecule has 72 valence electrons. The molecule has 0 heterocycles. The fraction of sp³-hybridized carbons (Fsp3) is 0.400. The van der Waals surface area contributed by atoms with Crippen molar-refractivity contribution in [1.82, 2.24) is 0 Å². The molecule has 13 heavy (non-hydrogen) atoms. The summed E-state index contributed by atoms with van der Waals surface area (Å²) in [6, 6.07) is 4.10. The molecule has 0 atom stereocenters. The zero-order valence-corrected chi connectivity index (χ0v) is 9.64. The first kappa shape index (κ1) is 10.5. The maximum Gasteiger partial charge on any atom is 0.188 e. The minimum absolute atomic E-state index is 0.280. The van der Waals surface area contributed by atoms with Crippen molar-refractivity contribution in [2.75, 3.05) is 13.9 Å². The molecule has 1 rings (SSSR count). The molecule has 0 saturated heterocycles. The fourth-order valence-corrected chi connectivity index (χ4v) is 1.99. The first-order valence-electron chi connectivity index (χ1n) is 4.03. The molecule has 2 nitrogen and oxygen atoms in total. The molecule has 1 aromatic carbocycles. The Kier molecular flexibility index (Phi) is 3.75. The molecule has 0 bridgehead atoms. The Balaban J connectivity index is 2.92. The van der Waals surface area contributed by atoms with Gasteiger partial charge in [0.05, 0.1) is 4.47 Å². The van der Waals surface area contributed by atoms with Gasteiger partial charge in [0.15, 0.2) is 6.79 Å². The molecule has 0 aromatic heterocycles. The number of aryl methyl sites for hydroxylation is 2. The summed E-state index contributed by atoms with van der Waals surface area (Å²) in [4.78, 5) is 0. The smallest absolute Gasteiger partial charge is 0.188 e. The second-order valence-corrected chi connectivity index (χ2v) is 3.80. The van der Waals surface area contributed by atoms with Crippen molar-refractivity contribution < 1.29 is 9.47 Å². The summed E-state index contributed by atoms with van der Waals surface area (Å²) in [7, 11) is 1.61. The van der Waals surface area contributed by atoms with Crippen LogP contribution in [-0.4, -0.2) is 13.9 Å². The zero-order valence-electron chi connectivity index (χ0n) is 8.06. The van der Waals surface area contributed by atoms with Crippen LogP contribution in [0.2, 0.25) is 0 Å². The fourth-order valence-electron chi connectivity index (χ4n) is 1.20. The van der Waals surface area contributed by atoms with Crippen LogP contribution in [0, 0.1) is 13.8 Å². The number of halogens is 1. The van der Waals surface area contributed by atoms with Gasteiger partial charge in [0.1, 0.15) is 5.75 Å². The van der Waals surface area contributed by atoms with Gasteiger partial charge >= 0.3 is 0 Å². The van der Waals surface area contributed by atoms with E-state index in [-0.39, 0.29) is 6.79 Å². The minimum atomic E-state index is 0.280. The molecular weight excluding hydrogens is 232 g/mol. The van der Waals surface area contributed by atoms with Crippen molar-refractivity contribution in [1.29, 1.82) is 0 Å². The molecule has 0 fully saturated rings. The lowest BCUT2D eigenvalue weighted by Crippen LogP contribution is -2.01. The predicted octanol–water partition coefficient (Wildman–Crippen LogP) is 3.05. The Labute approximate surface area is 87.0 Å². The van der Waals surface area contributed by atoms with Gasteiger partial charge in [0, 0.05) is 7.11 Å². The monoisotopic (exact) mass is 244 g/mol. The minimum Gasteiger partial charge on any atom is -0.466 e. The van der Waals surface area contributed by atoms with E-state index in [0.29, 0.717) is 0 Å². The van der Waals surface area contributed by atoms with Crippen LogP contribution in [0.25, 0.3) is 0 Å². The molecule has 0 aliphatic heterocycles. The van der Waals surface area contributed by atoms with Gasteiger partial charge in [-0.15, -0.1) is 0 Å². The van der Waals surface area contributed by atoms with E-state index in [4.69, 9.17) is 9.47 Å². The van der Waals surface area contributed by atoms with Crippen LogP contribution in [0.4, 0.5) is 0 Å². The highest BCUT2D eigenvalue weighted by Gasteiger charge is 2.05. The van der Waals surface area contributed by atoms with Crippen LogP contribution in [0.1, 0.15) is 11.1 Å². The summed E-state index contributed by atoms with van der Waals surface area (Å²) in [5.74, 6) is 0.854. The summed E-state index contributed by atoms with van der Waals surface area (Å²) in [5, 5.41) is 0. The van der Waals surface area contributed by atoms with Gasteiger partial charge in [-0.1, -0.05) is 6.07 Å². The average molecular weight is 245 g/mol. The van der Waals surface area contributed by atoms with E-state index in [0.717, 1.165) is 15.8 Å². The van der Waals surface area contributed by atoms with Gasteiger partial charge in [-0.3, -0.25) is 0 Å². The topological polar surface area (TPSA) is 18.5 Å². The Morgan fingerprint density at radius 3 is 2.54 bits per heavy atom. The lowest BCUT2D eigenvalue weighted by atomic mass is 10.1. The first-order chi connectivity index (χ1) is 6.15. The molecule has 0 unspecified atom stereocenters. The highest BCUT2D eigenvalue weighted by atomic mass is 79.9. The molecule has 0 amide bonds. The highest BCUT2D eigenvalue weighted by molar-refractivity contribution is 9.10. The molecule has 0 aliphatic carbocycles. The Bertz CT molecular complexity index is 274. The van der Waals surface area contributed by atoms with Crippen molar-refractivity contribution in [2.24, 2.45) is 0 Å². The number of hydrogen-bond donors (Lipinski definition) is 0. The normalized spacial score (nSPS) is 10.2. The number of methoxy groups -OCH3 is 1. The van der Waals surface area contributed by atoms with Crippen molar-refractivity contribution in [3.05, 3.63) is 27.7 Å². The third-order valence-corrected chi connectivity index (χ3v) is 2.28. The lowest BCUT2D eigenvalue weighted by Gasteiger charge is -2.10. The van der Waals surface area contributed by atoms with Crippen molar-refractivity contribution in [3.8, 4) is 5.75 Å². The van der Waals surface area contributed by atoms with E-state index in [1.807, 2.05) is 13.0 Å². The molecule has 3 heteroatoms. The van der Waals surface area contributed by atoms with Gasteiger partial charge in [-0.2, -0.15) is 0 Å². The number of ether oxygens (including phenoxy) is 2. The highest BCUT2D eigenvalue weighted by Crippen LogP contribution is 2.29. The average Bonchev–Trinajstić information content (AvgIpc) is 2.02. The summed E-state index contributed by atoms with van der Waals surface area (Å²) >= 11 is 3.45. The quantitative estimate of drug-likeness (QED) is 0.762. The standard InChI is InChI=1S/C10H13BrO2/c1-7-4-8(2)10(9(11)5-7)13-6-12-3/h4-5H,6H2,1-3H3. The SMILES string of the molecule is COCOc1c(C)cc(C)cc1Br. The molecular formula is C10H13BrO2. The Morgan fingerprint density at radius 1 is 1.31 bits per heavy atom. The van der Waals surface area contributed by atoms with Crippen LogP contribution in [0.15, 0.2) is 16.6 Å². The van der Waals surface area contributed by atoms with Crippen LogP contribution >= 0.6 is 15.9 Å². The summed E-state index contributed by atoms with van der Waals surface area (Å²) in [6.45, 7) is 4.35. The largest absolute Gasteiger partial charge is 0.466 e.